The van der Waals surface area contributed by atoms with Crippen LogP contribution in [0.3, 0.4) is 0 Å². The Morgan fingerprint density at radius 3 is 2.00 bits per heavy atom. The predicted octanol–water partition coefficient (Wildman–Crippen LogP) is 1.75. The molecule has 0 unspecified atom stereocenters. The van der Waals surface area contributed by atoms with Gasteiger partial charge in [-0.15, -0.1) is 0 Å². The SMILES string of the molecule is CC(C)C[C@@H](NC(=O)N1CCN(C(=O)OC(C)(C)C)CC1)C(=O)O. The Bertz CT molecular complexity index is 465. The smallest absolute Gasteiger partial charge is 0.410 e. The molecule has 3 amide bonds. The maximum absolute atomic E-state index is 12.2. The monoisotopic (exact) mass is 343 g/mol. The third-order valence-electron chi connectivity index (χ3n) is 3.52. The Labute approximate surface area is 143 Å². The van der Waals surface area contributed by atoms with Crippen molar-refractivity contribution < 1.29 is 24.2 Å². The van der Waals surface area contributed by atoms with Crippen molar-refractivity contribution in [3.8, 4) is 0 Å². The molecular formula is C16H29N3O5. The first-order valence-electron chi connectivity index (χ1n) is 8.25. The van der Waals surface area contributed by atoms with Crippen LogP contribution in [0.4, 0.5) is 9.59 Å². The Morgan fingerprint density at radius 2 is 1.58 bits per heavy atom. The number of amides is 3. The third-order valence-corrected chi connectivity index (χ3v) is 3.52. The van der Waals surface area contributed by atoms with Gasteiger partial charge in [-0.2, -0.15) is 0 Å². The predicted molar refractivity (Wildman–Crippen MR) is 88.8 cm³/mol. The Kier molecular flexibility index (Phi) is 6.86. The first-order chi connectivity index (χ1) is 11.0. The zero-order chi connectivity index (χ0) is 18.5. The number of hydrogen-bond donors (Lipinski definition) is 2. The van der Waals surface area contributed by atoms with E-state index >= 15 is 0 Å². The molecule has 0 aromatic heterocycles. The van der Waals surface area contributed by atoms with E-state index in [0.717, 1.165) is 0 Å². The lowest BCUT2D eigenvalue weighted by Gasteiger charge is -2.36. The molecule has 0 aromatic carbocycles. The van der Waals surface area contributed by atoms with Crippen LogP contribution in [0.2, 0.25) is 0 Å². The number of hydrogen-bond acceptors (Lipinski definition) is 4. The number of carbonyl (C=O) groups is 3. The Balaban J connectivity index is 2.50. The molecule has 0 aromatic rings. The molecule has 1 heterocycles. The second-order valence-electron chi connectivity index (χ2n) is 7.42. The molecule has 0 saturated carbocycles. The van der Waals surface area contributed by atoms with Crippen LogP contribution in [-0.4, -0.2) is 70.8 Å². The van der Waals surface area contributed by atoms with E-state index in [9.17, 15) is 19.5 Å². The van der Waals surface area contributed by atoms with E-state index in [1.54, 1.807) is 25.7 Å². The molecule has 138 valence electrons. The molecule has 1 fully saturated rings. The van der Waals surface area contributed by atoms with Gasteiger partial charge in [-0.1, -0.05) is 13.8 Å². The van der Waals surface area contributed by atoms with Gasteiger partial charge in [0.15, 0.2) is 0 Å². The van der Waals surface area contributed by atoms with Crippen LogP contribution < -0.4 is 5.32 Å². The number of nitrogens with one attached hydrogen (secondary N) is 1. The van der Waals surface area contributed by atoms with Crippen molar-refractivity contribution in [3.05, 3.63) is 0 Å². The lowest BCUT2D eigenvalue weighted by Crippen LogP contribution is -2.56. The van der Waals surface area contributed by atoms with Crippen molar-refractivity contribution in [3.63, 3.8) is 0 Å². The number of urea groups is 1. The summed E-state index contributed by atoms with van der Waals surface area (Å²) in [6.45, 7) is 10.6. The average molecular weight is 343 g/mol. The summed E-state index contributed by atoms with van der Waals surface area (Å²) in [5, 5.41) is 11.7. The third kappa shape index (κ3) is 6.64. The van der Waals surface area contributed by atoms with Crippen LogP contribution >= 0.6 is 0 Å². The summed E-state index contributed by atoms with van der Waals surface area (Å²) in [6.07, 6.45) is -0.0235. The van der Waals surface area contributed by atoms with Crippen LogP contribution in [-0.2, 0) is 9.53 Å². The van der Waals surface area contributed by atoms with Crippen molar-refractivity contribution >= 4 is 18.1 Å². The first kappa shape index (κ1) is 20.1. The molecule has 1 rings (SSSR count). The summed E-state index contributed by atoms with van der Waals surface area (Å²) in [5.41, 5.74) is -0.558. The van der Waals surface area contributed by atoms with Gasteiger partial charge in [0.2, 0.25) is 0 Å². The van der Waals surface area contributed by atoms with E-state index < -0.39 is 29.7 Å². The maximum Gasteiger partial charge on any atom is 0.410 e. The molecule has 1 saturated heterocycles. The summed E-state index contributed by atoms with van der Waals surface area (Å²) >= 11 is 0. The molecule has 0 spiro atoms. The first-order valence-corrected chi connectivity index (χ1v) is 8.25. The van der Waals surface area contributed by atoms with Crippen LogP contribution in [0, 0.1) is 5.92 Å². The topological polar surface area (TPSA) is 99.2 Å². The quantitative estimate of drug-likeness (QED) is 0.810. The standard InChI is InChI=1S/C16H29N3O5/c1-11(2)10-12(13(20)21)17-14(22)18-6-8-19(9-7-18)15(23)24-16(3,4)5/h11-12H,6-10H2,1-5H3,(H,17,22)(H,20,21)/t12-/m1/s1. The van der Waals surface area contributed by atoms with Gasteiger partial charge in [-0.05, 0) is 33.1 Å². The number of carbonyl (C=O) groups excluding carboxylic acids is 2. The number of carboxylic acids is 1. The van der Waals surface area contributed by atoms with Crippen LogP contribution in [0.1, 0.15) is 41.0 Å². The van der Waals surface area contributed by atoms with Crippen molar-refractivity contribution in [2.75, 3.05) is 26.2 Å². The van der Waals surface area contributed by atoms with Crippen LogP contribution in [0.15, 0.2) is 0 Å². The highest BCUT2D eigenvalue weighted by Crippen LogP contribution is 2.12. The summed E-state index contributed by atoms with van der Waals surface area (Å²) in [5.74, 6) is -0.875. The van der Waals surface area contributed by atoms with Gasteiger partial charge in [0.1, 0.15) is 11.6 Å². The molecule has 1 aliphatic heterocycles. The summed E-state index contributed by atoms with van der Waals surface area (Å²) < 4.78 is 5.30. The fourth-order valence-corrected chi connectivity index (χ4v) is 2.35. The van der Waals surface area contributed by atoms with Gasteiger partial charge in [0, 0.05) is 26.2 Å². The molecule has 0 bridgehead atoms. The number of nitrogens with zero attached hydrogens (tertiary/aromatic N) is 2. The Hall–Kier alpha value is -1.99. The molecule has 0 radical (unpaired) electrons. The van der Waals surface area contributed by atoms with Crippen LogP contribution in [0.25, 0.3) is 0 Å². The van der Waals surface area contributed by atoms with E-state index in [1.165, 1.54) is 4.90 Å². The fraction of sp³-hybridized carbons (Fsp3) is 0.812. The number of carboxylic acid groups (broad SMARTS) is 1. The highest BCUT2D eigenvalue weighted by molar-refractivity contribution is 5.82. The average Bonchev–Trinajstić information content (AvgIpc) is 2.44. The normalized spacial score (nSPS) is 16.8. The maximum atomic E-state index is 12.2. The van der Waals surface area contributed by atoms with Gasteiger partial charge in [0.25, 0.3) is 0 Å². The molecule has 8 heteroatoms. The molecule has 2 N–H and O–H groups in total. The lowest BCUT2D eigenvalue weighted by molar-refractivity contribution is -0.139. The van der Waals surface area contributed by atoms with Crippen molar-refractivity contribution in [1.29, 1.82) is 0 Å². The molecular weight excluding hydrogens is 314 g/mol. The number of aliphatic carboxylic acids is 1. The zero-order valence-corrected chi connectivity index (χ0v) is 15.2. The van der Waals surface area contributed by atoms with E-state index in [2.05, 4.69) is 5.32 Å². The molecule has 24 heavy (non-hydrogen) atoms. The van der Waals surface area contributed by atoms with E-state index in [4.69, 9.17) is 4.74 Å². The fourth-order valence-electron chi connectivity index (χ4n) is 2.35. The number of piperazine rings is 1. The van der Waals surface area contributed by atoms with Gasteiger partial charge in [0.05, 0.1) is 0 Å². The van der Waals surface area contributed by atoms with Gasteiger partial charge in [-0.3, -0.25) is 0 Å². The van der Waals surface area contributed by atoms with Crippen molar-refractivity contribution in [2.24, 2.45) is 5.92 Å². The zero-order valence-electron chi connectivity index (χ0n) is 15.2. The van der Waals surface area contributed by atoms with Crippen LogP contribution in [0.5, 0.6) is 0 Å². The van der Waals surface area contributed by atoms with Crippen molar-refractivity contribution in [2.45, 2.75) is 52.7 Å². The minimum absolute atomic E-state index is 0.162. The van der Waals surface area contributed by atoms with Gasteiger partial charge < -0.3 is 25.0 Å². The lowest BCUT2D eigenvalue weighted by atomic mass is 10.0. The molecule has 0 aliphatic carbocycles. The molecule has 1 aliphatic rings. The summed E-state index contributed by atoms with van der Waals surface area (Å²) in [6, 6.07) is -1.31. The summed E-state index contributed by atoms with van der Waals surface area (Å²) in [4.78, 5) is 38.5. The number of rotatable bonds is 4. The molecule has 8 nitrogen and oxygen atoms in total. The highest BCUT2D eigenvalue weighted by atomic mass is 16.6. The summed E-state index contributed by atoms with van der Waals surface area (Å²) in [7, 11) is 0. The second-order valence-corrected chi connectivity index (χ2v) is 7.42. The molecule has 1 atom stereocenters. The van der Waals surface area contributed by atoms with E-state index in [0.29, 0.717) is 32.6 Å². The van der Waals surface area contributed by atoms with Gasteiger partial charge >= 0.3 is 18.1 Å². The van der Waals surface area contributed by atoms with Crippen molar-refractivity contribution in [1.82, 2.24) is 15.1 Å². The largest absolute Gasteiger partial charge is 0.480 e. The minimum Gasteiger partial charge on any atom is -0.480 e. The second kappa shape index (κ2) is 8.21. The van der Waals surface area contributed by atoms with Gasteiger partial charge in [-0.25, -0.2) is 14.4 Å². The Morgan fingerprint density at radius 1 is 1.08 bits per heavy atom. The highest BCUT2D eigenvalue weighted by Gasteiger charge is 2.29. The van der Waals surface area contributed by atoms with E-state index in [-0.39, 0.29) is 5.92 Å². The van der Waals surface area contributed by atoms with E-state index in [1.807, 2.05) is 13.8 Å². The minimum atomic E-state index is -1.04. The number of ether oxygens (including phenoxy) is 1.